The molecule has 1 saturated heterocycles. The average Bonchev–Trinajstić information content (AvgIpc) is 2.84. The molecule has 0 atom stereocenters. The molecule has 1 fully saturated rings. The molecule has 0 aliphatic carbocycles. The number of benzene rings is 2. The number of para-hydroxylation sites is 3. The van der Waals surface area contributed by atoms with Crippen LogP contribution in [-0.4, -0.2) is 57.3 Å². The van der Waals surface area contributed by atoms with E-state index in [-0.39, 0.29) is 5.91 Å². The van der Waals surface area contributed by atoms with Crippen molar-refractivity contribution in [1.29, 1.82) is 0 Å². The number of fused-ring (bicyclic) bond motifs is 1. The Kier molecular flexibility index (Phi) is 7.59. The highest BCUT2D eigenvalue weighted by Gasteiger charge is 2.22. The largest absolute Gasteiger partial charge is 0.495 e. The minimum atomic E-state index is 0.203. The lowest BCUT2D eigenvalue weighted by Crippen LogP contribution is -2.48. The Hall–Kier alpha value is -2.38. The molecule has 7 heteroatoms. The van der Waals surface area contributed by atoms with Gasteiger partial charge in [-0.15, -0.1) is 0 Å². The molecule has 6 nitrogen and oxygen atoms in total. The zero-order chi connectivity index (χ0) is 21.5. The minimum absolute atomic E-state index is 0.203. The van der Waals surface area contributed by atoms with E-state index in [9.17, 15) is 4.79 Å². The predicted molar refractivity (Wildman–Crippen MR) is 123 cm³/mol. The zero-order valence-corrected chi connectivity index (χ0v) is 18.9. The summed E-state index contributed by atoms with van der Waals surface area (Å²) < 4.78 is 17.0. The van der Waals surface area contributed by atoms with Gasteiger partial charge < -0.3 is 23.5 Å². The fourth-order valence-electron chi connectivity index (χ4n) is 4.06. The number of rotatable bonds is 8. The van der Waals surface area contributed by atoms with Crippen molar-refractivity contribution < 1.29 is 18.5 Å². The van der Waals surface area contributed by atoms with Crippen molar-refractivity contribution in [2.75, 3.05) is 51.4 Å². The van der Waals surface area contributed by atoms with E-state index in [1.807, 2.05) is 35.2 Å². The molecule has 166 valence electrons. The number of aryl methyl sites for hydroxylation is 1. The third kappa shape index (κ3) is 5.46. The molecule has 0 spiro atoms. The highest BCUT2D eigenvalue weighted by atomic mass is 32.2. The third-order valence-corrected chi connectivity index (χ3v) is 6.51. The van der Waals surface area contributed by atoms with Gasteiger partial charge in [0.25, 0.3) is 0 Å². The fourth-order valence-corrected chi connectivity index (χ4v) is 4.79. The maximum Gasteiger partial charge on any atom is 0.222 e. The van der Waals surface area contributed by atoms with Gasteiger partial charge >= 0.3 is 0 Å². The fraction of sp³-hybridized carbons (Fsp3) is 0.458. The summed E-state index contributed by atoms with van der Waals surface area (Å²) in [6.45, 7) is 4.42. The number of methoxy groups -OCH3 is 1. The van der Waals surface area contributed by atoms with E-state index in [2.05, 4.69) is 17.0 Å². The van der Waals surface area contributed by atoms with Crippen molar-refractivity contribution in [3.8, 4) is 11.5 Å². The normalized spacial score (nSPS) is 15.9. The minimum Gasteiger partial charge on any atom is -0.495 e. The first-order valence-electron chi connectivity index (χ1n) is 11.0. The van der Waals surface area contributed by atoms with Crippen LogP contribution in [0.15, 0.2) is 47.4 Å². The average molecular weight is 443 g/mol. The van der Waals surface area contributed by atoms with Crippen LogP contribution in [0.5, 0.6) is 11.5 Å². The Labute approximate surface area is 188 Å². The van der Waals surface area contributed by atoms with Crippen LogP contribution in [0.1, 0.15) is 24.8 Å². The smallest absolute Gasteiger partial charge is 0.222 e. The van der Waals surface area contributed by atoms with E-state index in [0.717, 1.165) is 67.7 Å². The van der Waals surface area contributed by atoms with Crippen LogP contribution in [0, 0.1) is 0 Å². The summed E-state index contributed by atoms with van der Waals surface area (Å²) >= 11 is 1.36. The molecule has 4 rings (SSSR count). The lowest BCUT2D eigenvalue weighted by molar-refractivity contribution is -0.131. The Morgan fingerprint density at radius 3 is 2.77 bits per heavy atom. The highest BCUT2D eigenvalue weighted by molar-refractivity contribution is 7.94. The predicted octanol–water partition coefficient (Wildman–Crippen LogP) is 4.17. The molecule has 1 amide bonds. The number of hydrogen-bond acceptors (Lipinski definition) is 6. The SMILES string of the molecule is COc1ccccc1N1CCN(C(=O)CCCOSc2cccc3c2OCCC3)CC1. The number of carbonyl (C=O) groups excluding carboxylic acids is 1. The molecule has 31 heavy (non-hydrogen) atoms. The summed E-state index contributed by atoms with van der Waals surface area (Å²) in [5.74, 6) is 2.04. The Balaban J connectivity index is 1.17. The van der Waals surface area contributed by atoms with Gasteiger partial charge in [0.05, 0.1) is 30.9 Å². The molecule has 0 unspecified atom stereocenters. The molecule has 2 aliphatic rings. The number of nitrogens with zero attached hydrogens (tertiary/aromatic N) is 2. The van der Waals surface area contributed by atoms with Crippen molar-refractivity contribution >= 4 is 23.6 Å². The van der Waals surface area contributed by atoms with Gasteiger partial charge in [0, 0.05) is 44.6 Å². The second-order valence-electron chi connectivity index (χ2n) is 7.74. The maximum atomic E-state index is 12.6. The quantitative estimate of drug-likeness (QED) is 0.452. The van der Waals surface area contributed by atoms with Crippen LogP contribution in [0.2, 0.25) is 0 Å². The first kappa shape index (κ1) is 21.8. The Morgan fingerprint density at radius 1 is 1.10 bits per heavy atom. The Bertz CT molecular complexity index is 884. The molecule has 2 aromatic rings. The Morgan fingerprint density at radius 2 is 1.94 bits per heavy atom. The van der Waals surface area contributed by atoms with Gasteiger partial charge in [0.1, 0.15) is 11.5 Å². The van der Waals surface area contributed by atoms with Crippen LogP contribution >= 0.6 is 12.0 Å². The monoisotopic (exact) mass is 442 g/mol. The van der Waals surface area contributed by atoms with Crippen molar-refractivity contribution in [3.05, 3.63) is 48.0 Å². The molecule has 2 aliphatic heterocycles. The second kappa shape index (κ2) is 10.8. The molecule has 0 N–H and O–H groups in total. The van der Waals surface area contributed by atoms with Crippen LogP contribution in [0.25, 0.3) is 0 Å². The molecule has 0 bridgehead atoms. The van der Waals surface area contributed by atoms with Crippen molar-refractivity contribution in [3.63, 3.8) is 0 Å². The second-order valence-corrected chi connectivity index (χ2v) is 8.59. The van der Waals surface area contributed by atoms with E-state index in [0.29, 0.717) is 19.4 Å². The molecule has 0 radical (unpaired) electrons. The van der Waals surface area contributed by atoms with Crippen LogP contribution < -0.4 is 14.4 Å². The third-order valence-electron chi connectivity index (χ3n) is 5.72. The molecule has 0 aromatic heterocycles. The molecular formula is C24H30N2O4S. The molecule has 2 aromatic carbocycles. The van der Waals surface area contributed by atoms with E-state index in [1.165, 1.54) is 17.6 Å². The van der Waals surface area contributed by atoms with Gasteiger partial charge in [-0.1, -0.05) is 24.3 Å². The summed E-state index contributed by atoms with van der Waals surface area (Å²) in [5, 5.41) is 0. The van der Waals surface area contributed by atoms with E-state index >= 15 is 0 Å². The van der Waals surface area contributed by atoms with E-state index in [4.69, 9.17) is 13.7 Å². The standard InChI is InChI=1S/C24H30N2O4S/c1-28-21-10-3-2-9-20(21)25-13-15-26(16-14-25)23(27)12-6-18-30-31-22-11-4-7-19-8-5-17-29-24(19)22/h2-4,7,9-11H,5-6,8,12-18H2,1H3. The molecule has 2 heterocycles. The highest BCUT2D eigenvalue weighted by Crippen LogP contribution is 2.36. The lowest BCUT2D eigenvalue weighted by atomic mass is 10.1. The van der Waals surface area contributed by atoms with Crippen molar-refractivity contribution in [2.45, 2.75) is 30.6 Å². The first-order chi connectivity index (χ1) is 15.3. The van der Waals surface area contributed by atoms with Gasteiger partial charge in [0.2, 0.25) is 5.91 Å². The summed E-state index contributed by atoms with van der Waals surface area (Å²) in [6, 6.07) is 14.2. The molecular weight excluding hydrogens is 412 g/mol. The summed E-state index contributed by atoms with van der Waals surface area (Å²) in [4.78, 5) is 17.9. The lowest BCUT2D eigenvalue weighted by Gasteiger charge is -2.36. The topological polar surface area (TPSA) is 51.2 Å². The number of anilines is 1. The summed E-state index contributed by atoms with van der Waals surface area (Å²) in [5.41, 5.74) is 2.34. The van der Waals surface area contributed by atoms with E-state index in [1.54, 1.807) is 7.11 Å². The van der Waals surface area contributed by atoms with Gasteiger partial charge in [-0.05, 0) is 43.0 Å². The van der Waals surface area contributed by atoms with Crippen LogP contribution in [0.3, 0.4) is 0 Å². The maximum absolute atomic E-state index is 12.6. The van der Waals surface area contributed by atoms with Crippen molar-refractivity contribution in [2.24, 2.45) is 0 Å². The van der Waals surface area contributed by atoms with E-state index < -0.39 is 0 Å². The zero-order valence-electron chi connectivity index (χ0n) is 18.0. The number of hydrogen-bond donors (Lipinski definition) is 0. The van der Waals surface area contributed by atoms with Crippen LogP contribution in [0.4, 0.5) is 5.69 Å². The van der Waals surface area contributed by atoms with Gasteiger partial charge in [0.15, 0.2) is 0 Å². The number of carbonyl (C=O) groups is 1. The summed E-state index contributed by atoms with van der Waals surface area (Å²) in [7, 11) is 1.69. The van der Waals surface area contributed by atoms with Crippen LogP contribution in [-0.2, 0) is 15.4 Å². The number of ether oxygens (including phenoxy) is 2. The number of piperazine rings is 1. The van der Waals surface area contributed by atoms with Gasteiger partial charge in [-0.2, -0.15) is 0 Å². The molecule has 0 saturated carbocycles. The first-order valence-corrected chi connectivity index (χ1v) is 11.7. The van der Waals surface area contributed by atoms with Gasteiger partial charge in [-0.3, -0.25) is 4.79 Å². The number of amides is 1. The van der Waals surface area contributed by atoms with Gasteiger partial charge in [-0.25, -0.2) is 0 Å². The summed E-state index contributed by atoms with van der Waals surface area (Å²) in [6.07, 6.45) is 3.35. The van der Waals surface area contributed by atoms with Crippen molar-refractivity contribution in [1.82, 2.24) is 4.90 Å².